The Morgan fingerprint density at radius 2 is 2.08 bits per heavy atom. The van der Waals surface area contributed by atoms with Crippen LogP contribution in [0.25, 0.3) is 0 Å². The number of hydrogen-bond donors (Lipinski definition) is 1. The van der Waals surface area contributed by atoms with Crippen LogP contribution in [0.5, 0.6) is 0 Å². The molecule has 2 heterocycles. The van der Waals surface area contributed by atoms with Crippen LogP contribution < -0.4 is 5.32 Å². The second kappa shape index (κ2) is 8.62. The molecule has 0 amide bonds. The van der Waals surface area contributed by atoms with Gasteiger partial charge in [0.2, 0.25) is 0 Å². The minimum absolute atomic E-state index is 0.201. The van der Waals surface area contributed by atoms with Gasteiger partial charge < -0.3 is 5.32 Å². The molecule has 1 aliphatic heterocycles. The first-order valence-corrected chi connectivity index (χ1v) is 10.0. The van der Waals surface area contributed by atoms with Crippen LogP contribution in [0, 0.1) is 5.82 Å². The Bertz CT molecular complexity index is 633. The molecule has 1 fully saturated rings. The number of hydrogen-bond acceptors (Lipinski definition) is 4. The van der Waals surface area contributed by atoms with E-state index in [2.05, 4.69) is 11.6 Å². The van der Waals surface area contributed by atoms with E-state index in [0.717, 1.165) is 55.3 Å². The Balaban J connectivity index is 1.83. The second-order valence-corrected chi connectivity index (χ2v) is 7.28. The largest absolute Gasteiger partial charge is 0.317 e. The lowest BCUT2D eigenvalue weighted by molar-refractivity contribution is 0.521. The average molecular weight is 348 g/mol. The molecule has 1 aromatic carbocycles. The van der Waals surface area contributed by atoms with Gasteiger partial charge in [0.25, 0.3) is 0 Å². The zero-order valence-corrected chi connectivity index (χ0v) is 15.0. The fourth-order valence-electron chi connectivity index (χ4n) is 3.16. The molecule has 24 heavy (non-hydrogen) atoms. The van der Waals surface area contributed by atoms with E-state index in [-0.39, 0.29) is 5.82 Å². The molecule has 0 spiro atoms. The van der Waals surface area contributed by atoms with Crippen molar-refractivity contribution in [2.24, 2.45) is 0 Å². The summed E-state index contributed by atoms with van der Waals surface area (Å²) in [5.41, 5.74) is 1.06. The molecule has 0 radical (unpaired) electrons. The maximum absolute atomic E-state index is 13.1. The fourth-order valence-corrected chi connectivity index (χ4v) is 3.55. The molecule has 1 N–H and O–H groups in total. The van der Waals surface area contributed by atoms with Crippen molar-refractivity contribution in [3.8, 4) is 0 Å². The number of rotatable bonds is 6. The monoisotopic (exact) mass is 348 g/mol. The van der Waals surface area contributed by atoms with Crippen molar-refractivity contribution in [3.05, 3.63) is 47.3 Å². The van der Waals surface area contributed by atoms with E-state index in [0.29, 0.717) is 12.5 Å². The second-order valence-electron chi connectivity index (χ2n) is 6.29. The third-order valence-corrected chi connectivity index (χ3v) is 5.07. The molecule has 1 saturated heterocycles. The van der Waals surface area contributed by atoms with Crippen molar-refractivity contribution in [3.63, 3.8) is 0 Å². The molecule has 2 aromatic rings. The van der Waals surface area contributed by atoms with Gasteiger partial charge in [0.15, 0.2) is 5.82 Å². The lowest BCUT2D eigenvalue weighted by Crippen LogP contribution is -2.15. The van der Waals surface area contributed by atoms with Gasteiger partial charge in [0.05, 0.1) is 6.54 Å². The molecule has 1 aromatic heterocycles. The summed E-state index contributed by atoms with van der Waals surface area (Å²) < 4.78 is 15.2. The summed E-state index contributed by atoms with van der Waals surface area (Å²) in [6, 6.07) is 6.68. The Morgan fingerprint density at radius 3 is 2.88 bits per heavy atom. The van der Waals surface area contributed by atoms with Crippen LogP contribution in [0.3, 0.4) is 0 Å². The van der Waals surface area contributed by atoms with E-state index in [1.165, 1.54) is 18.6 Å². The summed E-state index contributed by atoms with van der Waals surface area (Å²) in [6.07, 6.45) is 6.43. The Labute approximate surface area is 147 Å². The summed E-state index contributed by atoms with van der Waals surface area (Å²) in [5, 5.41) is 8.21. The number of aromatic nitrogens is 3. The predicted octanol–water partition coefficient (Wildman–Crippen LogP) is 3.23. The van der Waals surface area contributed by atoms with Gasteiger partial charge in [-0.1, -0.05) is 12.1 Å². The number of thioether (sulfide) groups is 1. The van der Waals surface area contributed by atoms with Gasteiger partial charge in [-0.25, -0.2) is 14.1 Å². The lowest BCUT2D eigenvalue weighted by atomic mass is 10.00. The van der Waals surface area contributed by atoms with Crippen molar-refractivity contribution in [1.29, 1.82) is 0 Å². The summed E-state index contributed by atoms with van der Waals surface area (Å²) >= 11 is 1.82. The number of nitrogens with zero attached hydrogens (tertiary/aromatic N) is 3. The predicted molar refractivity (Wildman–Crippen MR) is 97.1 cm³/mol. The first-order valence-electron chi connectivity index (χ1n) is 8.64. The minimum Gasteiger partial charge on any atom is -0.317 e. The number of nitrogens with one attached hydrogen (secondary N) is 1. The first-order chi connectivity index (χ1) is 11.8. The van der Waals surface area contributed by atoms with Gasteiger partial charge in [0.1, 0.15) is 11.6 Å². The Kier molecular flexibility index (Phi) is 6.26. The van der Waals surface area contributed by atoms with Crippen LogP contribution in [-0.2, 0) is 13.0 Å². The molecule has 0 bridgehead atoms. The van der Waals surface area contributed by atoms with Crippen molar-refractivity contribution in [2.75, 3.05) is 25.1 Å². The molecule has 6 heteroatoms. The van der Waals surface area contributed by atoms with Gasteiger partial charge >= 0.3 is 0 Å². The molecule has 3 rings (SSSR count). The summed E-state index contributed by atoms with van der Waals surface area (Å²) in [6.45, 7) is 2.78. The highest BCUT2D eigenvalue weighted by Crippen LogP contribution is 2.25. The van der Waals surface area contributed by atoms with Crippen molar-refractivity contribution in [1.82, 2.24) is 20.1 Å². The van der Waals surface area contributed by atoms with Crippen LogP contribution in [0.2, 0.25) is 0 Å². The number of benzene rings is 1. The molecule has 0 saturated carbocycles. The van der Waals surface area contributed by atoms with Gasteiger partial charge in [-0.2, -0.15) is 16.9 Å². The quantitative estimate of drug-likeness (QED) is 0.870. The minimum atomic E-state index is -0.201. The molecule has 4 nitrogen and oxygen atoms in total. The average Bonchev–Trinajstić information content (AvgIpc) is 2.80. The number of aryl methyl sites for hydroxylation is 1. The molecule has 130 valence electrons. The molecule has 1 aliphatic rings. The van der Waals surface area contributed by atoms with E-state index in [1.807, 2.05) is 28.6 Å². The Hall–Kier alpha value is -1.40. The van der Waals surface area contributed by atoms with Crippen LogP contribution in [0.15, 0.2) is 24.3 Å². The first kappa shape index (κ1) is 17.4. The standard InChI is InChI=1S/C18H25FN4S/c1-24-12-9-17-21-18(15-3-2-10-20-11-8-15)23(22-17)13-14-4-6-16(19)7-5-14/h4-7,15,20H,2-3,8-13H2,1H3. The highest BCUT2D eigenvalue weighted by Gasteiger charge is 2.21. The molecule has 0 aliphatic carbocycles. The van der Waals surface area contributed by atoms with Crippen LogP contribution >= 0.6 is 11.8 Å². The van der Waals surface area contributed by atoms with Crippen molar-refractivity contribution >= 4 is 11.8 Å². The highest BCUT2D eigenvalue weighted by molar-refractivity contribution is 7.98. The third-order valence-electron chi connectivity index (χ3n) is 4.46. The zero-order valence-electron chi connectivity index (χ0n) is 14.2. The van der Waals surface area contributed by atoms with Gasteiger partial charge in [-0.15, -0.1) is 0 Å². The highest BCUT2D eigenvalue weighted by atomic mass is 32.2. The van der Waals surface area contributed by atoms with E-state index in [9.17, 15) is 4.39 Å². The topological polar surface area (TPSA) is 42.7 Å². The van der Waals surface area contributed by atoms with Crippen molar-refractivity contribution < 1.29 is 4.39 Å². The van der Waals surface area contributed by atoms with Gasteiger partial charge in [-0.05, 0) is 56.3 Å². The SMILES string of the molecule is CSCCc1nc(C2CCCNCC2)n(Cc2ccc(F)cc2)n1. The van der Waals surface area contributed by atoms with Gasteiger partial charge in [-0.3, -0.25) is 0 Å². The molecule has 1 unspecified atom stereocenters. The van der Waals surface area contributed by atoms with E-state index in [4.69, 9.17) is 10.1 Å². The van der Waals surface area contributed by atoms with Crippen molar-refractivity contribution in [2.45, 2.75) is 38.1 Å². The van der Waals surface area contributed by atoms with Gasteiger partial charge in [0, 0.05) is 18.1 Å². The zero-order chi connectivity index (χ0) is 16.8. The molecular weight excluding hydrogens is 323 g/mol. The third kappa shape index (κ3) is 4.57. The fraction of sp³-hybridized carbons (Fsp3) is 0.556. The Morgan fingerprint density at radius 1 is 1.25 bits per heavy atom. The smallest absolute Gasteiger partial charge is 0.151 e. The summed E-state index contributed by atoms with van der Waals surface area (Å²) in [7, 11) is 0. The maximum atomic E-state index is 13.1. The number of halogens is 1. The summed E-state index contributed by atoms with van der Waals surface area (Å²) in [4.78, 5) is 4.86. The maximum Gasteiger partial charge on any atom is 0.151 e. The lowest BCUT2D eigenvalue weighted by Gasteiger charge is -2.14. The van der Waals surface area contributed by atoms with E-state index < -0.39 is 0 Å². The van der Waals surface area contributed by atoms with Crippen LogP contribution in [-0.4, -0.2) is 39.9 Å². The molecule has 1 atom stereocenters. The summed E-state index contributed by atoms with van der Waals surface area (Å²) in [5.74, 6) is 3.31. The van der Waals surface area contributed by atoms with E-state index in [1.54, 1.807) is 0 Å². The molecular formula is C18H25FN4S. The normalized spacial score (nSPS) is 18.5. The van der Waals surface area contributed by atoms with Crippen LogP contribution in [0.4, 0.5) is 4.39 Å². The van der Waals surface area contributed by atoms with E-state index >= 15 is 0 Å². The van der Waals surface area contributed by atoms with Crippen LogP contribution in [0.1, 0.15) is 42.4 Å².